The quantitative estimate of drug-likeness (QED) is 0.513. The Morgan fingerprint density at radius 3 is 2.65 bits per heavy atom. The lowest BCUT2D eigenvalue weighted by atomic mass is 10.4. The van der Waals surface area contributed by atoms with Crippen LogP contribution in [0.4, 0.5) is 0 Å². The van der Waals surface area contributed by atoms with E-state index >= 15 is 0 Å². The Bertz CT molecular complexity index is 309. The van der Waals surface area contributed by atoms with Gasteiger partial charge in [0.1, 0.15) is 8.96 Å². The molecule has 6 heteroatoms. The van der Waals surface area contributed by atoms with E-state index in [9.17, 15) is 0 Å². The van der Waals surface area contributed by atoms with Gasteiger partial charge < -0.3 is 14.0 Å². The average Bonchev–Trinajstić information content (AvgIpc) is 2.38. The van der Waals surface area contributed by atoms with Crippen LogP contribution in [0, 0.1) is 0 Å². The number of ether oxygens (including phenoxy) is 2. The predicted octanol–water partition coefficient (Wildman–Crippen LogP) is 2.63. The summed E-state index contributed by atoms with van der Waals surface area (Å²) in [4.78, 5) is 0. The lowest BCUT2D eigenvalue weighted by Gasteiger charge is -2.02. The molecule has 0 saturated heterocycles. The molecule has 17 heavy (non-hydrogen) atoms. The Morgan fingerprint density at radius 2 is 1.88 bits per heavy atom. The maximum Gasteiger partial charge on any atom is 0.142 e. The molecular formula is C11H17NO3P2. The molecule has 94 valence electrons. The highest BCUT2D eigenvalue weighted by atomic mass is 31.1. The highest BCUT2D eigenvalue weighted by Gasteiger charge is 1.89. The Labute approximate surface area is 105 Å². The van der Waals surface area contributed by atoms with E-state index in [1.54, 1.807) is 7.11 Å². The van der Waals surface area contributed by atoms with Crippen molar-refractivity contribution in [3.8, 4) is 0 Å². The molecule has 0 radical (unpaired) electrons. The topological polar surface area (TPSA) is 40.0 Å². The minimum Gasteiger partial charge on any atom is -0.382 e. The first-order chi connectivity index (χ1) is 8.43. The molecular weight excluding hydrogens is 256 g/mol. The van der Waals surface area contributed by atoms with E-state index < -0.39 is 0 Å². The minimum atomic E-state index is 0.171. The summed E-state index contributed by atoms with van der Waals surface area (Å²) in [7, 11) is 2.78. The zero-order chi connectivity index (χ0) is 12.2. The highest BCUT2D eigenvalue weighted by molar-refractivity contribution is 7.46. The van der Waals surface area contributed by atoms with Crippen molar-refractivity contribution in [2.24, 2.45) is 4.52 Å². The van der Waals surface area contributed by atoms with Gasteiger partial charge in [0.2, 0.25) is 0 Å². The molecule has 1 aromatic carbocycles. The lowest BCUT2D eigenvalue weighted by Crippen LogP contribution is -2.05. The molecule has 0 aromatic heterocycles. The number of nitrogens with zero attached hydrogens (tertiary/aromatic N) is 1. The number of rotatable bonds is 9. The Morgan fingerprint density at radius 1 is 1.12 bits per heavy atom. The maximum atomic E-state index is 5.32. The molecule has 0 fully saturated rings. The van der Waals surface area contributed by atoms with Gasteiger partial charge in [0.05, 0.1) is 26.4 Å². The summed E-state index contributed by atoms with van der Waals surface area (Å²) in [6.45, 7) is 2.41. The van der Waals surface area contributed by atoms with Crippen LogP contribution < -0.4 is 5.30 Å². The Kier molecular flexibility index (Phi) is 9.30. The van der Waals surface area contributed by atoms with Crippen molar-refractivity contribution in [1.29, 1.82) is 0 Å². The Hall–Kier alpha value is -0.370. The van der Waals surface area contributed by atoms with Gasteiger partial charge in [-0.1, -0.05) is 18.2 Å². The maximum absolute atomic E-state index is 5.32. The summed E-state index contributed by atoms with van der Waals surface area (Å²) in [5, 5.41) is 1.18. The second-order valence-corrected chi connectivity index (χ2v) is 5.07. The van der Waals surface area contributed by atoms with Crippen molar-refractivity contribution >= 4 is 22.6 Å². The van der Waals surface area contributed by atoms with Crippen LogP contribution in [0.25, 0.3) is 0 Å². The van der Waals surface area contributed by atoms with Gasteiger partial charge in [-0.2, -0.15) is 0 Å². The first-order valence-electron chi connectivity index (χ1n) is 5.32. The van der Waals surface area contributed by atoms with Crippen molar-refractivity contribution in [3.05, 3.63) is 30.3 Å². The number of hydrogen-bond acceptors (Lipinski definition) is 4. The predicted molar refractivity (Wildman–Crippen MR) is 72.4 cm³/mol. The SMILES string of the molecule is COCCOCCOPN=Pc1ccccc1. The van der Waals surface area contributed by atoms with Crippen molar-refractivity contribution in [2.75, 3.05) is 33.5 Å². The number of benzene rings is 1. The fourth-order valence-electron chi connectivity index (χ4n) is 0.992. The normalized spacial score (nSPS) is 11.8. The molecule has 0 amide bonds. The summed E-state index contributed by atoms with van der Waals surface area (Å²) in [6, 6.07) is 10.1. The van der Waals surface area contributed by atoms with Crippen LogP contribution in [0.5, 0.6) is 0 Å². The molecule has 1 rings (SSSR count). The fraction of sp³-hybridized carbons (Fsp3) is 0.455. The molecule has 0 aliphatic carbocycles. The average molecular weight is 273 g/mol. The third-order valence-electron chi connectivity index (χ3n) is 1.79. The van der Waals surface area contributed by atoms with Gasteiger partial charge in [-0.25, -0.2) is 4.52 Å². The molecule has 0 saturated carbocycles. The van der Waals surface area contributed by atoms with Crippen LogP contribution in [-0.2, 0) is 14.0 Å². The monoisotopic (exact) mass is 273 g/mol. The van der Waals surface area contributed by atoms with E-state index in [0.29, 0.717) is 26.4 Å². The van der Waals surface area contributed by atoms with Gasteiger partial charge in [0.15, 0.2) is 0 Å². The van der Waals surface area contributed by atoms with Crippen molar-refractivity contribution in [3.63, 3.8) is 0 Å². The number of methoxy groups -OCH3 is 1. The highest BCUT2D eigenvalue weighted by Crippen LogP contribution is 2.19. The molecule has 0 heterocycles. The van der Waals surface area contributed by atoms with Gasteiger partial charge >= 0.3 is 0 Å². The van der Waals surface area contributed by atoms with Gasteiger partial charge in [-0.3, -0.25) is 0 Å². The summed E-state index contributed by atoms with van der Waals surface area (Å²) in [5.74, 6) is 0. The first kappa shape index (κ1) is 14.7. The standard InChI is InChI=1S/C11H17NO3P2/c1-13-7-8-14-9-10-15-17-12-16-11-5-3-2-4-6-11/h2-6,17H,7-10H2,1H3. The molecule has 1 aromatic rings. The smallest absolute Gasteiger partial charge is 0.142 e. The van der Waals surface area contributed by atoms with Crippen molar-refractivity contribution in [1.82, 2.24) is 0 Å². The molecule has 1 unspecified atom stereocenters. The summed E-state index contributed by atoms with van der Waals surface area (Å²) < 4.78 is 19.7. The summed E-state index contributed by atoms with van der Waals surface area (Å²) in [6.07, 6.45) is 0. The molecule has 0 aliphatic heterocycles. The third kappa shape index (κ3) is 8.37. The molecule has 0 N–H and O–H groups in total. The van der Waals surface area contributed by atoms with Crippen molar-refractivity contribution in [2.45, 2.75) is 0 Å². The van der Waals surface area contributed by atoms with Gasteiger partial charge in [-0.15, -0.1) is 0 Å². The second kappa shape index (κ2) is 10.8. The molecule has 4 nitrogen and oxygen atoms in total. The van der Waals surface area contributed by atoms with E-state index in [4.69, 9.17) is 14.0 Å². The minimum absolute atomic E-state index is 0.171. The van der Waals surface area contributed by atoms with Gasteiger partial charge in [0, 0.05) is 20.8 Å². The van der Waals surface area contributed by atoms with Crippen molar-refractivity contribution < 1.29 is 14.0 Å². The largest absolute Gasteiger partial charge is 0.382 e. The molecule has 0 spiro atoms. The van der Waals surface area contributed by atoms with Crippen LogP contribution in [0.1, 0.15) is 0 Å². The van der Waals surface area contributed by atoms with E-state index in [2.05, 4.69) is 4.52 Å². The molecule has 0 aliphatic rings. The fourth-order valence-corrected chi connectivity index (χ4v) is 2.33. The van der Waals surface area contributed by atoms with Crippen LogP contribution in [0.15, 0.2) is 34.8 Å². The first-order valence-corrected chi connectivity index (χ1v) is 7.03. The third-order valence-corrected chi connectivity index (χ3v) is 3.38. The summed E-state index contributed by atoms with van der Waals surface area (Å²) >= 11 is 0. The zero-order valence-electron chi connectivity index (χ0n) is 9.83. The van der Waals surface area contributed by atoms with E-state index in [0.717, 1.165) is 8.37 Å². The van der Waals surface area contributed by atoms with E-state index in [-0.39, 0.29) is 8.96 Å². The van der Waals surface area contributed by atoms with E-state index in [1.807, 2.05) is 30.3 Å². The zero-order valence-corrected chi connectivity index (χ0v) is 11.7. The van der Waals surface area contributed by atoms with Crippen LogP contribution in [0.2, 0.25) is 0 Å². The van der Waals surface area contributed by atoms with Crippen LogP contribution in [-0.4, -0.2) is 33.5 Å². The summed E-state index contributed by atoms with van der Waals surface area (Å²) in [5.41, 5.74) is 0. The Balaban J connectivity index is 1.95. The lowest BCUT2D eigenvalue weighted by molar-refractivity contribution is 0.0569. The van der Waals surface area contributed by atoms with E-state index in [1.165, 1.54) is 5.30 Å². The van der Waals surface area contributed by atoms with Gasteiger partial charge in [-0.05, 0) is 12.1 Å². The molecule has 1 atom stereocenters. The molecule has 0 bridgehead atoms. The number of hydrogen-bond donors (Lipinski definition) is 0. The van der Waals surface area contributed by atoms with Gasteiger partial charge in [0.25, 0.3) is 0 Å². The van der Waals surface area contributed by atoms with Crippen LogP contribution >= 0.6 is 17.3 Å². The second-order valence-electron chi connectivity index (χ2n) is 3.08. The van der Waals surface area contributed by atoms with Crippen LogP contribution in [0.3, 0.4) is 0 Å².